The molecule has 2 aliphatic rings. The van der Waals surface area contributed by atoms with Crippen LogP contribution < -0.4 is 4.72 Å². The van der Waals surface area contributed by atoms with Crippen LogP contribution in [0.15, 0.2) is 18.3 Å². The summed E-state index contributed by atoms with van der Waals surface area (Å²) in [6, 6.07) is 3.73. The predicted octanol–water partition coefficient (Wildman–Crippen LogP) is 3.46. The van der Waals surface area contributed by atoms with Gasteiger partial charge in [-0.1, -0.05) is 0 Å². The van der Waals surface area contributed by atoms with Gasteiger partial charge in [0.05, 0.1) is 39.4 Å². The fourth-order valence-electron chi connectivity index (χ4n) is 3.10. The lowest BCUT2D eigenvalue weighted by Gasteiger charge is -2.21. The van der Waals surface area contributed by atoms with Crippen LogP contribution in [0.25, 0.3) is 11.3 Å². The van der Waals surface area contributed by atoms with E-state index in [-0.39, 0.29) is 16.6 Å². The summed E-state index contributed by atoms with van der Waals surface area (Å²) in [4.78, 5) is 4.21. The maximum Gasteiger partial charge on any atom is 0.150 e. The first-order valence-electron chi connectivity index (χ1n) is 8.74. The highest BCUT2D eigenvalue weighted by molar-refractivity contribution is 7.84. The second-order valence-corrected chi connectivity index (χ2v) is 9.88. The van der Waals surface area contributed by atoms with Gasteiger partial charge in [0.15, 0.2) is 5.82 Å². The summed E-state index contributed by atoms with van der Waals surface area (Å²) >= 11 is 0. The Morgan fingerprint density at radius 2 is 2.04 bits per heavy atom. The van der Waals surface area contributed by atoms with Gasteiger partial charge in [-0.15, -0.1) is 0 Å². The number of halogens is 1. The van der Waals surface area contributed by atoms with Crippen LogP contribution in [0.2, 0.25) is 0 Å². The van der Waals surface area contributed by atoms with Crippen molar-refractivity contribution in [3.63, 3.8) is 0 Å². The Labute approximate surface area is 149 Å². The normalized spacial score (nSPS) is 21.4. The summed E-state index contributed by atoms with van der Waals surface area (Å²) in [5.74, 6) is 0.126. The van der Waals surface area contributed by atoms with E-state index in [4.69, 9.17) is 0 Å². The largest absolute Gasteiger partial charge is 0.267 e. The van der Waals surface area contributed by atoms with Crippen molar-refractivity contribution < 1.29 is 8.60 Å². The third kappa shape index (κ3) is 3.27. The SMILES string of the molecule is CC(C)(C)S(=O)N[C@H]1CCn2nc(-c3cc(C4CC4)ncc3F)cc21. The van der Waals surface area contributed by atoms with Gasteiger partial charge in [0, 0.05) is 23.7 Å². The molecule has 1 unspecified atom stereocenters. The van der Waals surface area contributed by atoms with Crippen molar-refractivity contribution in [1.29, 1.82) is 0 Å². The number of hydrogen-bond acceptors (Lipinski definition) is 3. The van der Waals surface area contributed by atoms with Gasteiger partial charge in [-0.25, -0.2) is 13.3 Å². The first-order valence-corrected chi connectivity index (χ1v) is 9.89. The average Bonchev–Trinajstić information content (AvgIpc) is 3.20. The molecular formula is C18H23FN4OS. The molecule has 0 saturated heterocycles. The first-order chi connectivity index (χ1) is 11.8. The van der Waals surface area contributed by atoms with Crippen LogP contribution in [0.3, 0.4) is 0 Å². The average molecular weight is 362 g/mol. The standard InChI is InChI=1S/C18H23FN4OS/c1-18(2,3)25(24)22-14-6-7-23-17(14)9-16(21-23)12-8-15(11-4-5-11)20-10-13(12)19/h8-11,14,22H,4-7H2,1-3H3/t14-,25?/m0/s1. The zero-order valence-corrected chi connectivity index (χ0v) is 15.6. The molecule has 7 heteroatoms. The Morgan fingerprint density at radius 3 is 2.72 bits per heavy atom. The zero-order chi connectivity index (χ0) is 17.8. The van der Waals surface area contributed by atoms with E-state index in [9.17, 15) is 8.60 Å². The summed E-state index contributed by atoms with van der Waals surface area (Å²) in [6.45, 7) is 6.58. The fourth-order valence-corrected chi connectivity index (χ4v) is 3.95. The van der Waals surface area contributed by atoms with Crippen molar-refractivity contribution in [3.05, 3.63) is 35.5 Å². The van der Waals surface area contributed by atoms with Crippen molar-refractivity contribution >= 4 is 11.0 Å². The second-order valence-electron chi connectivity index (χ2n) is 7.88. The molecule has 0 bridgehead atoms. The monoisotopic (exact) mass is 362 g/mol. The van der Waals surface area contributed by atoms with Gasteiger partial charge < -0.3 is 0 Å². The molecule has 1 saturated carbocycles. The topological polar surface area (TPSA) is 59.8 Å². The molecule has 0 spiro atoms. The Hall–Kier alpha value is -1.60. The number of fused-ring (bicyclic) bond motifs is 1. The van der Waals surface area contributed by atoms with Crippen molar-refractivity contribution in [1.82, 2.24) is 19.5 Å². The fraction of sp³-hybridized carbons (Fsp3) is 0.556. The highest BCUT2D eigenvalue weighted by atomic mass is 32.2. The van der Waals surface area contributed by atoms with Gasteiger partial charge in [-0.3, -0.25) is 9.67 Å². The van der Waals surface area contributed by atoms with Crippen LogP contribution in [0.4, 0.5) is 4.39 Å². The summed E-state index contributed by atoms with van der Waals surface area (Å²) in [5.41, 5.74) is 3.06. The minimum absolute atomic E-state index is 0.0193. The number of rotatable bonds is 4. The lowest BCUT2D eigenvalue weighted by molar-refractivity contribution is 0.587. The quantitative estimate of drug-likeness (QED) is 0.906. The minimum Gasteiger partial charge on any atom is -0.267 e. The van der Waals surface area contributed by atoms with Gasteiger partial charge in [-0.05, 0) is 52.2 Å². The van der Waals surface area contributed by atoms with E-state index in [0.29, 0.717) is 17.2 Å². The van der Waals surface area contributed by atoms with Gasteiger partial charge in [0.1, 0.15) is 0 Å². The number of nitrogens with zero attached hydrogens (tertiary/aromatic N) is 3. The van der Waals surface area contributed by atoms with E-state index in [1.54, 1.807) is 0 Å². The van der Waals surface area contributed by atoms with E-state index in [2.05, 4.69) is 14.8 Å². The second kappa shape index (κ2) is 5.99. The maximum absolute atomic E-state index is 14.3. The van der Waals surface area contributed by atoms with Crippen molar-refractivity contribution in [2.75, 3.05) is 0 Å². The van der Waals surface area contributed by atoms with E-state index < -0.39 is 11.0 Å². The highest BCUT2D eigenvalue weighted by Crippen LogP contribution is 2.40. The lowest BCUT2D eigenvalue weighted by atomic mass is 10.1. The number of aromatic nitrogens is 3. The van der Waals surface area contributed by atoms with Gasteiger partial charge in [0.25, 0.3) is 0 Å². The number of aryl methyl sites for hydroxylation is 1. The third-order valence-electron chi connectivity index (χ3n) is 4.75. The molecule has 4 rings (SSSR count). The molecule has 5 nitrogen and oxygen atoms in total. The Morgan fingerprint density at radius 1 is 1.28 bits per heavy atom. The Kier molecular flexibility index (Phi) is 4.03. The van der Waals surface area contributed by atoms with Gasteiger partial charge in [-0.2, -0.15) is 5.10 Å². The molecule has 1 fully saturated rings. The van der Waals surface area contributed by atoms with Crippen molar-refractivity contribution in [3.8, 4) is 11.3 Å². The van der Waals surface area contributed by atoms with Crippen LogP contribution in [0.1, 0.15) is 63.4 Å². The summed E-state index contributed by atoms with van der Waals surface area (Å²) < 4.78 is 31.4. The molecule has 2 aromatic heterocycles. The molecule has 1 aliphatic heterocycles. The number of hydrogen-bond donors (Lipinski definition) is 1. The molecule has 2 aromatic rings. The Balaban J connectivity index is 1.62. The van der Waals surface area contributed by atoms with E-state index in [1.165, 1.54) is 6.20 Å². The molecule has 134 valence electrons. The predicted molar refractivity (Wildman–Crippen MR) is 95.8 cm³/mol. The summed E-state index contributed by atoms with van der Waals surface area (Å²) in [5, 5.41) is 4.57. The van der Waals surface area contributed by atoms with Gasteiger partial charge >= 0.3 is 0 Å². The van der Waals surface area contributed by atoms with E-state index >= 15 is 0 Å². The molecule has 1 aliphatic carbocycles. The maximum atomic E-state index is 14.3. The Bertz CT molecular complexity index is 838. The molecule has 3 heterocycles. The number of nitrogens with one attached hydrogen (secondary N) is 1. The van der Waals surface area contributed by atoms with Crippen LogP contribution in [-0.2, 0) is 17.5 Å². The summed E-state index contributed by atoms with van der Waals surface area (Å²) in [6.07, 6.45) is 4.40. The molecule has 1 N–H and O–H groups in total. The van der Waals surface area contributed by atoms with Crippen molar-refractivity contribution in [2.24, 2.45) is 0 Å². The molecule has 25 heavy (non-hydrogen) atoms. The highest BCUT2D eigenvalue weighted by Gasteiger charge is 2.31. The molecule has 0 amide bonds. The number of pyridine rings is 1. The lowest BCUT2D eigenvalue weighted by Crippen LogP contribution is -2.35. The van der Waals surface area contributed by atoms with E-state index in [1.807, 2.05) is 37.6 Å². The van der Waals surface area contributed by atoms with Crippen LogP contribution in [0.5, 0.6) is 0 Å². The van der Waals surface area contributed by atoms with Crippen LogP contribution in [-0.4, -0.2) is 23.7 Å². The van der Waals surface area contributed by atoms with Crippen LogP contribution >= 0.6 is 0 Å². The van der Waals surface area contributed by atoms with Crippen molar-refractivity contribution in [2.45, 2.75) is 63.3 Å². The summed E-state index contributed by atoms with van der Waals surface area (Å²) in [7, 11) is -1.15. The zero-order valence-electron chi connectivity index (χ0n) is 14.8. The molecule has 0 radical (unpaired) electrons. The van der Waals surface area contributed by atoms with Gasteiger partial charge in [0.2, 0.25) is 0 Å². The third-order valence-corrected chi connectivity index (χ3v) is 6.36. The molecular weight excluding hydrogens is 339 g/mol. The molecule has 2 atom stereocenters. The van der Waals surface area contributed by atoms with Crippen LogP contribution in [0, 0.1) is 5.82 Å². The smallest absolute Gasteiger partial charge is 0.150 e. The first kappa shape index (κ1) is 16.8. The molecule has 0 aromatic carbocycles. The van der Waals surface area contributed by atoms with E-state index in [0.717, 1.165) is 37.2 Å². The minimum atomic E-state index is -1.15.